The molecule has 0 fully saturated rings. The van der Waals surface area contributed by atoms with Gasteiger partial charge in [-0.25, -0.2) is 0 Å². The molecule has 0 radical (unpaired) electrons. The molecule has 0 unspecified atom stereocenters. The average Bonchev–Trinajstić information content (AvgIpc) is 2.22. The molecule has 1 aromatic carbocycles. The Labute approximate surface area is 133 Å². The van der Waals surface area contributed by atoms with Crippen LogP contribution in [0.5, 0.6) is 0 Å². The highest BCUT2D eigenvalue weighted by Crippen LogP contribution is 2.21. The first kappa shape index (κ1) is 17.0. The van der Waals surface area contributed by atoms with Crippen LogP contribution in [-0.2, 0) is 6.42 Å². The molecular weight excluding hydrogens is 416 g/mol. The van der Waals surface area contributed by atoms with Crippen molar-refractivity contribution in [2.75, 3.05) is 20.6 Å². The second-order valence-corrected chi connectivity index (χ2v) is 4.91. The van der Waals surface area contributed by atoms with Crippen molar-refractivity contribution in [1.82, 2.24) is 4.90 Å². The van der Waals surface area contributed by atoms with Crippen LogP contribution < -0.4 is 5.73 Å². The maximum Gasteiger partial charge on any atom is 0.190 e. The van der Waals surface area contributed by atoms with E-state index in [1.165, 1.54) is 0 Å². The SMILES string of the molecule is CN(C)C(N)=NCCc1cc(Cl)ccc1Br.I. The van der Waals surface area contributed by atoms with Gasteiger partial charge in [-0.15, -0.1) is 24.0 Å². The Morgan fingerprint density at radius 1 is 1.47 bits per heavy atom. The van der Waals surface area contributed by atoms with E-state index in [0.29, 0.717) is 12.5 Å². The number of halogens is 3. The molecule has 0 aliphatic heterocycles. The predicted molar refractivity (Wildman–Crippen MR) is 88.4 cm³/mol. The Hall–Kier alpha value is -0.0100. The third-order valence-corrected chi connectivity index (χ3v) is 3.13. The van der Waals surface area contributed by atoms with Crippen LogP contribution in [0.1, 0.15) is 5.56 Å². The van der Waals surface area contributed by atoms with E-state index in [4.69, 9.17) is 17.3 Å². The molecule has 1 aromatic rings. The van der Waals surface area contributed by atoms with Crippen molar-refractivity contribution in [3.05, 3.63) is 33.3 Å². The average molecular weight is 433 g/mol. The number of benzene rings is 1. The molecule has 6 heteroatoms. The van der Waals surface area contributed by atoms with Crippen LogP contribution in [0.15, 0.2) is 27.7 Å². The van der Waals surface area contributed by atoms with Crippen molar-refractivity contribution < 1.29 is 0 Å². The Balaban J connectivity index is 0.00000256. The third kappa shape index (κ3) is 5.92. The zero-order chi connectivity index (χ0) is 12.1. The molecule has 1 rings (SSSR count). The van der Waals surface area contributed by atoms with Gasteiger partial charge in [-0.05, 0) is 30.2 Å². The van der Waals surface area contributed by atoms with Gasteiger partial charge in [0.15, 0.2) is 5.96 Å². The number of nitrogens with zero attached hydrogens (tertiary/aromatic N) is 2. The van der Waals surface area contributed by atoms with Gasteiger partial charge in [0.05, 0.1) is 0 Å². The minimum atomic E-state index is 0. The molecule has 0 amide bonds. The van der Waals surface area contributed by atoms with Gasteiger partial charge in [0.25, 0.3) is 0 Å². The van der Waals surface area contributed by atoms with Crippen LogP contribution in [-0.4, -0.2) is 31.5 Å². The molecule has 0 saturated heterocycles. The van der Waals surface area contributed by atoms with E-state index >= 15 is 0 Å². The Morgan fingerprint density at radius 2 is 2.12 bits per heavy atom. The first-order valence-corrected chi connectivity index (χ1v) is 6.09. The van der Waals surface area contributed by atoms with Crippen LogP contribution in [0.3, 0.4) is 0 Å². The van der Waals surface area contributed by atoms with E-state index in [1.807, 2.05) is 32.3 Å². The molecule has 0 saturated carbocycles. The summed E-state index contributed by atoms with van der Waals surface area (Å²) in [5, 5.41) is 0.739. The maximum absolute atomic E-state index is 5.92. The van der Waals surface area contributed by atoms with Crippen LogP contribution in [0.25, 0.3) is 0 Å². The van der Waals surface area contributed by atoms with Gasteiger partial charge in [-0.3, -0.25) is 4.99 Å². The summed E-state index contributed by atoms with van der Waals surface area (Å²) < 4.78 is 1.05. The summed E-state index contributed by atoms with van der Waals surface area (Å²) in [6, 6.07) is 5.73. The van der Waals surface area contributed by atoms with Gasteiger partial charge in [-0.1, -0.05) is 27.5 Å². The second kappa shape index (κ2) is 8.16. The van der Waals surface area contributed by atoms with Gasteiger partial charge in [0.2, 0.25) is 0 Å². The fourth-order valence-electron chi connectivity index (χ4n) is 1.17. The van der Waals surface area contributed by atoms with Gasteiger partial charge in [-0.2, -0.15) is 0 Å². The first-order valence-electron chi connectivity index (χ1n) is 4.92. The lowest BCUT2D eigenvalue weighted by Gasteiger charge is -2.10. The van der Waals surface area contributed by atoms with Gasteiger partial charge in [0, 0.05) is 30.1 Å². The number of rotatable bonds is 3. The summed E-state index contributed by atoms with van der Waals surface area (Å²) in [6.45, 7) is 0.656. The zero-order valence-corrected chi connectivity index (χ0v) is 14.5. The van der Waals surface area contributed by atoms with Crippen LogP contribution >= 0.6 is 51.5 Å². The topological polar surface area (TPSA) is 41.6 Å². The van der Waals surface area contributed by atoms with Crippen LogP contribution in [0.2, 0.25) is 5.02 Å². The van der Waals surface area contributed by atoms with E-state index in [1.54, 1.807) is 4.90 Å². The molecular formula is C11H16BrClIN3. The zero-order valence-electron chi connectivity index (χ0n) is 9.78. The molecule has 0 spiro atoms. The quantitative estimate of drug-likeness (QED) is 0.453. The summed E-state index contributed by atoms with van der Waals surface area (Å²) >= 11 is 9.40. The lowest BCUT2D eigenvalue weighted by molar-refractivity contribution is 0.609. The summed E-state index contributed by atoms with van der Waals surface area (Å²) in [6.07, 6.45) is 0.815. The van der Waals surface area contributed by atoms with Gasteiger partial charge in [0.1, 0.15) is 0 Å². The van der Waals surface area contributed by atoms with Gasteiger partial charge >= 0.3 is 0 Å². The Morgan fingerprint density at radius 3 is 2.71 bits per heavy atom. The lowest BCUT2D eigenvalue weighted by Crippen LogP contribution is -2.30. The van der Waals surface area contributed by atoms with E-state index in [2.05, 4.69) is 20.9 Å². The van der Waals surface area contributed by atoms with Crippen molar-refractivity contribution in [2.24, 2.45) is 10.7 Å². The predicted octanol–water partition coefficient (Wildman–Crippen LogP) is 3.14. The number of aliphatic imine (C=N–C) groups is 1. The minimum Gasteiger partial charge on any atom is -0.370 e. The number of nitrogens with two attached hydrogens (primary N) is 1. The Kier molecular flexibility index (Phi) is 8.15. The molecule has 0 heterocycles. The smallest absolute Gasteiger partial charge is 0.190 e. The molecule has 96 valence electrons. The van der Waals surface area contributed by atoms with Crippen molar-refractivity contribution in [3.8, 4) is 0 Å². The van der Waals surface area contributed by atoms with Crippen molar-refractivity contribution in [3.63, 3.8) is 0 Å². The van der Waals surface area contributed by atoms with E-state index in [9.17, 15) is 0 Å². The highest BCUT2D eigenvalue weighted by atomic mass is 127. The van der Waals surface area contributed by atoms with E-state index in [0.717, 1.165) is 21.5 Å². The standard InChI is InChI=1S/C11H15BrClN3.HI/c1-16(2)11(14)15-6-5-8-7-9(13)3-4-10(8)12;/h3-4,7H,5-6H2,1-2H3,(H2,14,15);1H. The highest BCUT2D eigenvalue weighted by molar-refractivity contribution is 14.0. The monoisotopic (exact) mass is 431 g/mol. The van der Waals surface area contributed by atoms with E-state index < -0.39 is 0 Å². The first-order chi connectivity index (χ1) is 7.50. The lowest BCUT2D eigenvalue weighted by atomic mass is 10.1. The molecule has 17 heavy (non-hydrogen) atoms. The van der Waals surface area contributed by atoms with Crippen molar-refractivity contribution in [1.29, 1.82) is 0 Å². The number of hydrogen-bond acceptors (Lipinski definition) is 1. The normalized spacial score (nSPS) is 10.9. The fraction of sp³-hybridized carbons (Fsp3) is 0.364. The highest BCUT2D eigenvalue weighted by Gasteiger charge is 2.01. The molecule has 3 nitrogen and oxygen atoms in total. The third-order valence-electron chi connectivity index (χ3n) is 2.12. The Bertz CT molecular complexity index is 396. The maximum atomic E-state index is 5.92. The summed E-state index contributed by atoms with van der Waals surface area (Å²) in [4.78, 5) is 6.03. The van der Waals surface area contributed by atoms with Crippen molar-refractivity contribution in [2.45, 2.75) is 6.42 Å². The van der Waals surface area contributed by atoms with Crippen LogP contribution in [0, 0.1) is 0 Å². The molecule has 0 aromatic heterocycles. The van der Waals surface area contributed by atoms with E-state index in [-0.39, 0.29) is 24.0 Å². The summed E-state index contributed by atoms with van der Waals surface area (Å²) in [5.41, 5.74) is 6.83. The van der Waals surface area contributed by atoms with Crippen LogP contribution in [0.4, 0.5) is 0 Å². The molecule has 2 N–H and O–H groups in total. The number of guanidine groups is 1. The fourth-order valence-corrected chi connectivity index (χ4v) is 1.81. The minimum absolute atomic E-state index is 0. The second-order valence-electron chi connectivity index (χ2n) is 3.62. The molecule has 0 aliphatic carbocycles. The number of hydrogen-bond donors (Lipinski definition) is 1. The summed E-state index contributed by atoms with van der Waals surface area (Å²) in [7, 11) is 3.74. The molecule has 0 aliphatic rings. The molecule has 0 atom stereocenters. The van der Waals surface area contributed by atoms with Crippen molar-refractivity contribution >= 4 is 57.5 Å². The van der Waals surface area contributed by atoms with Gasteiger partial charge < -0.3 is 10.6 Å². The summed E-state index contributed by atoms with van der Waals surface area (Å²) in [5.74, 6) is 0.540. The largest absolute Gasteiger partial charge is 0.370 e. The molecule has 0 bridgehead atoms.